The smallest absolute Gasteiger partial charge is 0.125 e. The van der Waals surface area contributed by atoms with Crippen LogP contribution in [-0.4, -0.2) is 11.7 Å². The highest BCUT2D eigenvalue weighted by molar-refractivity contribution is 5.92. The van der Waals surface area contributed by atoms with Crippen molar-refractivity contribution in [3.8, 4) is 5.75 Å². The Morgan fingerprint density at radius 2 is 1.94 bits per heavy atom. The summed E-state index contributed by atoms with van der Waals surface area (Å²) in [7, 11) is 0. The Kier molecular flexibility index (Phi) is 2.45. The van der Waals surface area contributed by atoms with Gasteiger partial charge in [-0.3, -0.25) is 0 Å². The van der Waals surface area contributed by atoms with Gasteiger partial charge in [0.2, 0.25) is 0 Å². The Morgan fingerprint density at radius 3 is 2.78 bits per heavy atom. The van der Waals surface area contributed by atoms with Crippen LogP contribution in [0.25, 0.3) is 11.6 Å². The summed E-state index contributed by atoms with van der Waals surface area (Å²) in [6.45, 7) is 0.703. The minimum Gasteiger partial charge on any atom is -0.507 e. The lowest BCUT2D eigenvalue weighted by atomic mass is 9.97. The van der Waals surface area contributed by atoms with Crippen molar-refractivity contribution in [1.82, 2.24) is 0 Å². The first-order valence-corrected chi connectivity index (χ1v) is 5.86. The first-order chi connectivity index (χ1) is 8.74. The summed E-state index contributed by atoms with van der Waals surface area (Å²) in [5.41, 5.74) is 10.4. The molecule has 0 spiro atoms. The topological polar surface area (TPSA) is 58.3 Å². The van der Waals surface area contributed by atoms with Crippen LogP contribution in [0.4, 0.5) is 11.4 Å². The van der Waals surface area contributed by atoms with Crippen LogP contribution >= 0.6 is 0 Å². The molecule has 0 amide bonds. The predicted octanol–water partition coefficient (Wildman–Crippen LogP) is 2.94. The van der Waals surface area contributed by atoms with E-state index in [9.17, 15) is 5.11 Å². The lowest BCUT2D eigenvalue weighted by molar-refractivity contribution is 0.474. The van der Waals surface area contributed by atoms with Crippen LogP contribution in [0.1, 0.15) is 11.1 Å². The maximum Gasteiger partial charge on any atom is 0.125 e. The van der Waals surface area contributed by atoms with Gasteiger partial charge in [-0.1, -0.05) is 18.2 Å². The van der Waals surface area contributed by atoms with E-state index in [1.165, 1.54) is 0 Å². The second kappa shape index (κ2) is 4.11. The van der Waals surface area contributed by atoms with Gasteiger partial charge in [0.25, 0.3) is 0 Å². The zero-order valence-electron chi connectivity index (χ0n) is 9.85. The summed E-state index contributed by atoms with van der Waals surface area (Å²) in [5.74, 6) is 0.224. The summed E-state index contributed by atoms with van der Waals surface area (Å²) in [6, 6.07) is 13.3. The number of nitrogens with two attached hydrogens (primary N) is 1. The SMILES string of the molecule is Nc1ccc(C2=Cc3ccccc3NC2)c(O)c1. The van der Waals surface area contributed by atoms with Crippen LogP contribution in [-0.2, 0) is 0 Å². The molecule has 2 aromatic carbocycles. The van der Waals surface area contributed by atoms with Crippen molar-refractivity contribution in [3.05, 3.63) is 53.6 Å². The molecule has 2 aromatic rings. The number of hydrogen-bond donors (Lipinski definition) is 3. The summed E-state index contributed by atoms with van der Waals surface area (Å²) in [4.78, 5) is 0. The minimum atomic E-state index is 0.224. The van der Waals surface area contributed by atoms with E-state index in [-0.39, 0.29) is 5.75 Å². The average molecular weight is 238 g/mol. The monoisotopic (exact) mass is 238 g/mol. The van der Waals surface area contributed by atoms with E-state index >= 15 is 0 Å². The number of phenolic OH excluding ortho intramolecular Hbond substituents is 1. The van der Waals surface area contributed by atoms with Crippen molar-refractivity contribution < 1.29 is 5.11 Å². The van der Waals surface area contributed by atoms with Crippen molar-refractivity contribution in [2.45, 2.75) is 0 Å². The fraction of sp³-hybridized carbons (Fsp3) is 0.0667. The second-order valence-corrected chi connectivity index (χ2v) is 4.39. The number of aromatic hydroxyl groups is 1. The molecule has 0 unspecified atom stereocenters. The lowest BCUT2D eigenvalue weighted by Crippen LogP contribution is -2.09. The van der Waals surface area contributed by atoms with Crippen LogP contribution in [0.3, 0.4) is 0 Å². The number of nitrogen functional groups attached to an aromatic ring is 1. The van der Waals surface area contributed by atoms with Crippen molar-refractivity contribution in [3.63, 3.8) is 0 Å². The van der Waals surface area contributed by atoms with E-state index in [1.54, 1.807) is 12.1 Å². The van der Waals surface area contributed by atoms with E-state index in [2.05, 4.69) is 17.5 Å². The van der Waals surface area contributed by atoms with Crippen LogP contribution in [0.5, 0.6) is 5.75 Å². The van der Waals surface area contributed by atoms with Gasteiger partial charge >= 0.3 is 0 Å². The molecular formula is C15H14N2O. The maximum absolute atomic E-state index is 9.94. The zero-order valence-corrected chi connectivity index (χ0v) is 9.85. The van der Waals surface area contributed by atoms with Gasteiger partial charge in [-0.25, -0.2) is 0 Å². The van der Waals surface area contributed by atoms with Crippen LogP contribution in [0.15, 0.2) is 42.5 Å². The Labute approximate surface area is 106 Å². The third kappa shape index (κ3) is 1.80. The number of hydrogen-bond acceptors (Lipinski definition) is 3. The Morgan fingerprint density at radius 1 is 1.11 bits per heavy atom. The normalized spacial score (nSPS) is 13.4. The van der Waals surface area contributed by atoms with Crippen LogP contribution in [0.2, 0.25) is 0 Å². The van der Waals surface area contributed by atoms with Gasteiger partial charge in [-0.15, -0.1) is 0 Å². The molecule has 0 radical (unpaired) electrons. The number of nitrogens with one attached hydrogen (secondary N) is 1. The number of fused-ring (bicyclic) bond motifs is 1. The van der Waals surface area contributed by atoms with Crippen molar-refractivity contribution in [2.75, 3.05) is 17.6 Å². The van der Waals surface area contributed by atoms with Gasteiger partial charge in [0.15, 0.2) is 0 Å². The number of rotatable bonds is 1. The van der Waals surface area contributed by atoms with E-state index in [4.69, 9.17) is 5.73 Å². The Balaban J connectivity index is 2.06. The van der Waals surface area contributed by atoms with Gasteiger partial charge in [0.05, 0.1) is 0 Å². The standard InChI is InChI=1S/C15H14N2O/c16-12-5-6-13(15(18)8-12)11-7-10-3-1-2-4-14(10)17-9-11/h1-8,17-18H,9,16H2. The molecule has 0 saturated carbocycles. The summed E-state index contributed by atoms with van der Waals surface area (Å²) < 4.78 is 0. The molecule has 3 heteroatoms. The molecule has 3 nitrogen and oxygen atoms in total. The highest BCUT2D eigenvalue weighted by atomic mass is 16.3. The van der Waals surface area contributed by atoms with E-state index in [1.807, 2.05) is 24.3 Å². The van der Waals surface area contributed by atoms with Crippen molar-refractivity contribution >= 4 is 23.0 Å². The highest BCUT2D eigenvalue weighted by Crippen LogP contribution is 2.33. The quantitative estimate of drug-likeness (QED) is 0.669. The van der Waals surface area contributed by atoms with Gasteiger partial charge in [0, 0.05) is 29.5 Å². The molecule has 1 aliphatic rings. The highest BCUT2D eigenvalue weighted by Gasteiger charge is 2.13. The number of phenols is 1. The molecule has 90 valence electrons. The Bertz CT molecular complexity index is 632. The minimum absolute atomic E-state index is 0.224. The molecule has 0 aromatic heterocycles. The largest absolute Gasteiger partial charge is 0.507 e. The van der Waals surface area contributed by atoms with Crippen molar-refractivity contribution in [2.24, 2.45) is 0 Å². The van der Waals surface area contributed by atoms with Crippen molar-refractivity contribution in [1.29, 1.82) is 0 Å². The first-order valence-electron chi connectivity index (χ1n) is 5.86. The molecule has 1 heterocycles. The molecule has 0 fully saturated rings. The van der Waals surface area contributed by atoms with Gasteiger partial charge in [0.1, 0.15) is 5.75 Å². The molecule has 18 heavy (non-hydrogen) atoms. The predicted molar refractivity (Wildman–Crippen MR) is 75.3 cm³/mol. The molecule has 0 bridgehead atoms. The lowest BCUT2D eigenvalue weighted by Gasteiger charge is -2.19. The molecule has 1 aliphatic heterocycles. The van der Waals surface area contributed by atoms with E-state index < -0.39 is 0 Å². The third-order valence-corrected chi connectivity index (χ3v) is 3.13. The summed E-state index contributed by atoms with van der Waals surface area (Å²) >= 11 is 0. The maximum atomic E-state index is 9.94. The molecular weight excluding hydrogens is 224 g/mol. The molecule has 3 rings (SSSR count). The number of anilines is 2. The summed E-state index contributed by atoms with van der Waals surface area (Å²) in [6.07, 6.45) is 2.09. The van der Waals surface area contributed by atoms with Gasteiger partial charge < -0.3 is 16.2 Å². The van der Waals surface area contributed by atoms with Crippen LogP contribution in [0, 0.1) is 0 Å². The molecule has 0 atom stereocenters. The molecule has 0 aliphatic carbocycles. The number of benzene rings is 2. The first kappa shape index (κ1) is 10.7. The van der Waals surface area contributed by atoms with Crippen LogP contribution < -0.4 is 11.1 Å². The fourth-order valence-electron chi connectivity index (χ4n) is 2.21. The van der Waals surface area contributed by atoms with E-state index in [0.29, 0.717) is 12.2 Å². The zero-order chi connectivity index (χ0) is 12.5. The average Bonchev–Trinajstić information content (AvgIpc) is 2.38. The Hall–Kier alpha value is -2.42. The van der Waals surface area contributed by atoms with E-state index in [0.717, 1.165) is 22.4 Å². The number of para-hydroxylation sites is 1. The summed E-state index contributed by atoms with van der Waals surface area (Å²) in [5, 5.41) is 13.3. The van der Waals surface area contributed by atoms with Gasteiger partial charge in [-0.2, -0.15) is 0 Å². The van der Waals surface area contributed by atoms with Gasteiger partial charge in [-0.05, 0) is 35.4 Å². The molecule has 4 N–H and O–H groups in total. The molecule has 0 saturated heterocycles. The second-order valence-electron chi connectivity index (χ2n) is 4.39. The fourth-order valence-corrected chi connectivity index (χ4v) is 2.21. The third-order valence-electron chi connectivity index (χ3n) is 3.13.